The lowest BCUT2D eigenvalue weighted by molar-refractivity contribution is -0.113. The Morgan fingerprint density at radius 1 is 1.17 bits per heavy atom. The maximum atomic E-state index is 12.5. The highest BCUT2D eigenvalue weighted by molar-refractivity contribution is 7.99. The fourth-order valence-electron chi connectivity index (χ4n) is 2.81. The molecule has 1 aromatic carbocycles. The Morgan fingerprint density at radius 2 is 1.97 bits per heavy atom. The Labute approximate surface area is 173 Å². The second-order valence-corrected chi connectivity index (χ2v) is 7.18. The van der Waals surface area contributed by atoms with Gasteiger partial charge in [-0.15, -0.1) is 10.2 Å². The van der Waals surface area contributed by atoms with Gasteiger partial charge in [0.15, 0.2) is 16.7 Å². The number of anilines is 1. The molecule has 0 saturated carbocycles. The third kappa shape index (κ3) is 4.86. The molecule has 2 aromatic heterocycles. The Kier molecular flexibility index (Phi) is 6.71. The monoisotopic (exact) mass is 413 g/mol. The van der Waals surface area contributed by atoms with Gasteiger partial charge in [-0.3, -0.25) is 9.59 Å². The molecule has 2 heterocycles. The lowest BCUT2D eigenvalue weighted by Gasteiger charge is -2.19. The number of amides is 2. The minimum atomic E-state index is -0.190. The molecule has 0 aliphatic carbocycles. The summed E-state index contributed by atoms with van der Waals surface area (Å²) in [6.07, 6.45) is 1.57. The largest absolute Gasteiger partial charge is 0.461 e. The Morgan fingerprint density at radius 3 is 2.66 bits per heavy atom. The molecule has 1 N–H and O–H groups in total. The van der Waals surface area contributed by atoms with Gasteiger partial charge in [-0.05, 0) is 44.2 Å². The van der Waals surface area contributed by atoms with Crippen LogP contribution in [0, 0.1) is 0 Å². The van der Waals surface area contributed by atoms with Crippen molar-refractivity contribution in [3.05, 3.63) is 48.2 Å². The van der Waals surface area contributed by atoms with Gasteiger partial charge in [0.1, 0.15) is 0 Å². The number of hydrogen-bond acceptors (Lipinski definition) is 6. The third-order valence-electron chi connectivity index (χ3n) is 4.35. The minimum absolute atomic E-state index is 0.0509. The van der Waals surface area contributed by atoms with Crippen LogP contribution in [-0.4, -0.2) is 50.3 Å². The molecule has 0 bridgehead atoms. The molecule has 2 amide bonds. The number of hydrogen-bond donors (Lipinski definition) is 1. The number of rotatable bonds is 8. The summed E-state index contributed by atoms with van der Waals surface area (Å²) in [5, 5.41) is 11.7. The highest BCUT2D eigenvalue weighted by Gasteiger charge is 2.16. The van der Waals surface area contributed by atoms with E-state index in [-0.39, 0.29) is 17.6 Å². The third-order valence-corrected chi connectivity index (χ3v) is 5.37. The molecule has 0 saturated heterocycles. The zero-order valence-electron chi connectivity index (χ0n) is 16.6. The van der Waals surface area contributed by atoms with Gasteiger partial charge in [0.25, 0.3) is 5.91 Å². The Balaban J connectivity index is 1.60. The number of benzene rings is 1. The zero-order valence-corrected chi connectivity index (χ0v) is 17.4. The predicted molar refractivity (Wildman–Crippen MR) is 112 cm³/mol. The Hall–Kier alpha value is -3.07. The molecule has 9 heteroatoms. The molecule has 0 fully saturated rings. The first kappa shape index (κ1) is 20.7. The molecular weight excluding hydrogens is 390 g/mol. The van der Waals surface area contributed by atoms with Crippen LogP contribution in [0.2, 0.25) is 0 Å². The van der Waals surface area contributed by atoms with E-state index in [1.54, 1.807) is 52.1 Å². The van der Waals surface area contributed by atoms with Crippen LogP contribution >= 0.6 is 11.8 Å². The van der Waals surface area contributed by atoms with E-state index < -0.39 is 0 Å². The van der Waals surface area contributed by atoms with Gasteiger partial charge >= 0.3 is 0 Å². The van der Waals surface area contributed by atoms with E-state index in [4.69, 9.17) is 4.42 Å². The first-order chi connectivity index (χ1) is 14.0. The molecule has 8 nitrogen and oxygen atoms in total. The topological polar surface area (TPSA) is 93.3 Å². The van der Waals surface area contributed by atoms with Crippen molar-refractivity contribution in [2.24, 2.45) is 7.05 Å². The fourth-order valence-corrected chi connectivity index (χ4v) is 3.52. The molecule has 0 spiro atoms. The van der Waals surface area contributed by atoms with Gasteiger partial charge < -0.3 is 19.2 Å². The summed E-state index contributed by atoms with van der Waals surface area (Å²) >= 11 is 1.28. The minimum Gasteiger partial charge on any atom is -0.461 e. The maximum absolute atomic E-state index is 12.5. The zero-order chi connectivity index (χ0) is 20.8. The van der Waals surface area contributed by atoms with E-state index in [2.05, 4.69) is 15.5 Å². The summed E-state index contributed by atoms with van der Waals surface area (Å²) in [4.78, 5) is 26.6. The summed E-state index contributed by atoms with van der Waals surface area (Å²) in [6, 6.07) is 10.6. The molecule has 0 aliphatic rings. The number of carbonyl (C=O) groups is 2. The van der Waals surface area contributed by atoms with Crippen LogP contribution in [0.15, 0.2) is 52.2 Å². The number of furan rings is 1. The Bertz CT molecular complexity index is 980. The highest BCUT2D eigenvalue weighted by atomic mass is 32.2. The van der Waals surface area contributed by atoms with E-state index in [0.717, 1.165) is 0 Å². The number of carbonyl (C=O) groups excluding carboxylic acids is 2. The molecule has 0 atom stereocenters. The van der Waals surface area contributed by atoms with E-state index in [1.165, 1.54) is 11.8 Å². The predicted octanol–water partition coefficient (Wildman–Crippen LogP) is 3.29. The van der Waals surface area contributed by atoms with Crippen molar-refractivity contribution in [2.75, 3.05) is 24.2 Å². The van der Waals surface area contributed by atoms with Crippen molar-refractivity contribution in [2.45, 2.75) is 19.0 Å². The first-order valence-electron chi connectivity index (χ1n) is 9.28. The van der Waals surface area contributed by atoms with Crippen molar-refractivity contribution in [3.63, 3.8) is 0 Å². The van der Waals surface area contributed by atoms with Gasteiger partial charge in [-0.1, -0.05) is 17.8 Å². The smallest absolute Gasteiger partial charge is 0.253 e. The van der Waals surface area contributed by atoms with Gasteiger partial charge in [-0.25, -0.2) is 0 Å². The van der Waals surface area contributed by atoms with Crippen LogP contribution in [0.3, 0.4) is 0 Å². The van der Waals surface area contributed by atoms with Crippen molar-refractivity contribution < 1.29 is 14.0 Å². The van der Waals surface area contributed by atoms with E-state index >= 15 is 0 Å². The molecule has 0 aliphatic heterocycles. The fraction of sp³-hybridized carbons (Fsp3) is 0.300. The van der Waals surface area contributed by atoms with Crippen LogP contribution < -0.4 is 5.32 Å². The molecule has 0 unspecified atom stereocenters. The summed E-state index contributed by atoms with van der Waals surface area (Å²) < 4.78 is 7.12. The van der Waals surface area contributed by atoms with Gasteiger partial charge in [0.05, 0.1) is 12.0 Å². The second-order valence-electron chi connectivity index (χ2n) is 6.24. The number of nitrogens with zero attached hydrogens (tertiary/aromatic N) is 4. The van der Waals surface area contributed by atoms with E-state index in [1.807, 2.05) is 20.9 Å². The molecular formula is C20H23N5O3S. The lowest BCUT2D eigenvalue weighted by Crippen LogP contribution is -2.30. The quantitative estimate of drug-likeness (QED) is 0.570. The number of thioether (sulfide) groups is 1. The average Bonchev–Trinajstić information content (AvgIpc) is 3.37. The van der Waals surface area contributed by atoms with Crippen LogP contribution in [0.1, 0.15) is 24.2 Å². The van der Waals surface area contributed by atoms with E-state index in [0.29, 0.717) is 41.1 Å². The van der Waals surface area contributed by atoms with E-state index in [9.17, 15) is 9.59 Å². The normalized spacial score (nSPS) is 10.7. The van der Waals surface area contributed by atoms with Crippen molar-refractivity contribution in [3.8, 4) is 11.6 Å². The van der Waals surface area contributed by atoms with Gasteiger partial charge in [-0.2, -0.15) is 0 Å². The standard InChI is InChI=1S/C20H23N5O3S/c1-4-25(5-2)19(27)14-8-6-9-15(12-14)21-17(26)13-29-20-23-22-18(24(20)3)16-10-7-11-28-16/h6-12H,4-5,13H2,1-3H3,(H,21,26). The van der Waals surface area contributed by atoms with Crippen LogP contribution in [0.25, 0.3) is 11.6 Å². The van der Waals surface area contributed by atoms with Gasteiger partial charge in [0.2, 0.25) is 5.91 Å². The first-order valence-corrected chi connectivity index (χ1v) is 10.3. The highest BCUT2D eigenvalue weighted by Crippen LogP contribution is 2.23. The SMILES string of the molecule is CCN(CC)C(=O)c1cccc(NC(=O)CSc2nnc(-c3ccco3)n2C)c1. The maximum Gasteiger partial charge on any atom is 0.253 e. The van der Waals surface area contributed by atoms with Crippen LogP contribution in [0.4, 0.5) is 5.69 Å². The molecule has 0 radical (unpaired) electrons. The number of nitrogens with one attached hydrogen (secondary N) is 1. The van der Waals surface area contributed by atoms with Crippen molar-refractivity contribution >= 4 is 29.3 Å². The average molecular weight is 414 g/mol. The number of aromatic nitrogens is 3. The van der Waals surface area contributed by atoms with Crippen LogP contribution in [-0.2, 0) is 11.8 Å². The summed E-state index contributed by atoms with van der Waals surface area (Å²) in [7, 11) is 1.82. The van der Waals surface area contributed by atoms with Gasteiger partial charge in [0, 0.05) is 31.4 Å². The summed E-state index contributed by atoms with van der Waals surface area (Å²) in [5.41, 5.74) is 1.14. The van der Waals surface area contributed by atoms with Crippen molar-refractivity contribution in [1.82, 2.24) is 19.7 Å². The summed E-state index contributed by atoms with van der Waals surface area (Å²) in [5.74, 6) is 1.14. The molecule has 3 rings (SSSR count). The molecule has 3 aromatic rings. The van der Waals surface area contributed by atoms with Crippen molar-refractivity contribution in [1.29, 1.82) is 0 Å². The van der Waals surface area contributed by atoms with Crippen LogP contribution in [0.5, 0.6) is 0 Å². The summed E-state index contributed by atoms with van der Waals surface area (Å²) in [6.45, 7) is 5.16. The molecule has 152 valence electrons. The molecule has 29 heavy (non-hydrogen) atoms. The lowest BCUT2D eigenvalue weighted by atomic mass is 10.1. The second kappa shape index (κ2) is 9.42.